The molecule has 2 aliphatic heterocycles. The molecular weight excluding hydrogens is 372 g/mol. The fourth-order valence-electron chi connectivity index (χ4n) is 3.14. The number of primary amides is 1. The Balaban J connectivity index is 2.16. The van der Waals surface area contributed by atoms with Crippen molar-refractivity contribution in [1.82, 2.24) is 9.96 Å². The number of carbonyl (C=O) groups is 3. The first kappa shape index (κ1) is 17.9. The number of urea groups is 1. The van der Waals surface area contributed by atoms with Gasteiger partial charge in [0.25, 0.3) is 0 Å². The third kappa shape index (κ3) is 2.91. The summed E-state index contributed by atoms with van der Waals surface area (Å²) in [6, 6.07) is -0.889. The molecule has 1 saturated heterocycles. The van der Waals surface area contributed by atoms with Crippen LogP contribution < -0.4 is 11.1 Å². The summed E-state index contributed by atoms with van der Waals surface area (Å²) in [7, 11) is -5.01. The summed E-state index contributed by atoms with van der Waals surface area (Å²) in [5.74, 6) is -1.77. The second-order valence-corrected chi connectivity index (χ2v) is 6.77. The summed E-state index contributed by atoms with van der Waals surface area (Å²) >= 11 is 0. The number of hydrogen-bond donors (Lipinski definition) is 4. The zero-order chi connectivity index (χ0) is 19.4. The Bertz CT molecular complexity index is 930. The predicted molar refractivity (Wildman–Crippen MR) is 83.7 cm³/mol. The van der Waals surface area contributed by atoms with Crippen LogP contribution in [0.1, 0.15) is 30.1 Å². The number of fused-ring (bicyclic) bond motifs is 4. The van der Waals surface area contributed by atoms with Crippen LogP contribution in [0, 0.1) is 0 Å². The quantitative estimate of drug-likeness (QED) is 0.391. The Hall–Kier alpha value is -2.90. The lowest BCUT2D eigenvalue weighted by atomic mass is 9.89. The van der Waals surface area contributed by atoms with Gasteiger partial charge < -0.3 is 21.1 Å². The molecule has 5 N–H and O–H groups in total. The van der Waals surface area contributed by atoms with Crippen LogP contribution in [-0.4, -0.2) is 52.4 Å². The number of benzene rings is 1. The number of phenols is 1. The number of hydrogen-bond acceptors (Lipinski definition) is 7. The predicted octanol–water partition coefficient (Wildman–Crippen LogP) is -0.596. The normalized spacial score (nSPS) is 21.5. The minimum absolute atomic E-state index is 0.0142. The van der Waals surface area contributed by atoms with Gasteiger partial charge in [-0.2, -0.15) is 13.5 Å². The third-order valence-corrected chi connectivity index (χ3v) is 4.36. The fraction of sp³-hybridized carbons (Fsp3) is 0.308. The molecule has 2 aliphatic rings. The van der Waals surface area contributed by atoms with Crippen LogP contribution in [0.4, 0.5) is 10.5 Å². The molecule has 26 heavy (non-hydrogen) atoms. The highest BCUT2D eigenvalue weighted by molar-refractivity contribution is 7.80. The van der Waals surface area contributed by atoms with Crippen LogP contribution in [-0.2, 0) is 24.3 Å². The van der Waals surface area contributed by atoms with E-state index < -0.39 is 40.3 Å². The third-order valence-electron chi connectivity index (χ3n) is 4.01. The lowest BCUT2D eigenvalue weighted by Gasteiger charge is -2.31. The lowest BCUT2D eigenvalue weighted by Crippen LogP contribution is -2.41. The lowest BCUT2D eigenvalue weighted by molar-refractivity contribution is -0.122. The van der Waals surface area contributed by atoms with Crippen LogP contribution >= 0.6 is 0 Å². The molecule has 1 fully saturated rings. The van der Waals surface area contributed by atoms with Crippen LogP contribution in [0.15, 0.2) is 12.1 Å². The molecule has 13 heteroatoms. The van der Waals surface area contributed by atoms with E-state index in [0.717, 1.165) is 11.0 Å². The summed E-state index contributed by atoms with van der Waals surface area (Å²) in [5.41, 5.74) is 5.74. The molecule has 0 aromatic heterocycles. The number of anilines is 1. The summed E-state index contributed by atoms with van der Waals surface area (Å²) in [6.45, 7) is 1.05. The van der Waals surface area contributed by atoms with Gasteiger partial charge in [0, 0.05) is 6.92 Å². The largest absolute Gasteiger partial charge is 0.506 e. The van der Waals surface area contributed by atoms with Gasteiger partial charge >= 0.3 is 16.4 Å². The monoisotopic (exact) mass is 386 g/mol. The maximum atomic E-state index is 12.4. The van der Waals surface area contributed by atoms with Gasteiger partial charge in [0.1, 0.15) is 17.8 Å². The van der Waals surface area contributed by atoms with E-state index in [-0.39, 0.29) is 29.1 Å². The van der Waals surface area contributed by atoms with Gasteiger partial charge in [-0.15, -0.1) is 4.28 Å². The van der Waals surface area contributed by atoms with Crippen LogP contribution in [0.2, 0.25) is 0 Å². The van der Waals surface area contributed by atoms with Crippen molar-refractivity contribution >= 4 is 33.9 Å². The first-order valence-electron chi connectivity index (χ1n) is 7.20. The van der Waals surface area contributed by atoms with Crippen LogP contribution in [0.3, 0.4) is 0 Å². The molecule has 0 saturated carbocycles. The number of hydroxylamine groups is 2. The van der Waals surface area contributed by atoms with Gasteiger partial charge in [-0.1, -0.05) is 0 Å². The van der Waals surface area contributed by atoms with Gasteiger partial charge in [0.05, 0.1) is 12.2 Å². The number of nitrogens with zero attached hydrogens (tertiary/aromatic N) is 2. The van der Waals surface area contributed by atoms with Gasteiger partial charge in [0.15, 0.2) is 0 Å². The summed E-state index contributed by atoms with van der Waals surface area (Å²) in [6.07, 6.45) is 0. The van der Waals surface area contributed by atoms with Crippen molar-refractivity contribution in [3.8, 4) is 5.75 Å². The van der Waals surface area contributed by atoms with Gasteiger partial charge in [-0.05, 0) is 23.3 Å². The van der Waals surface area contributed by atoms with Gasteiger partial charge in [0.2, 0.25) is 11.8 Å². The number of nitrogens with two attached hydrogens (primary N) is 1. The number of rotatable bonds is 4. The Labute approximate surface area is 147 Å². The maximum Gasteiger partial charge on any atom is 0.418 e. The van der Waals surface area contributed by atoms with E-state index in [9.17, 15) is 27.9 Å². The van der Waals surface area contributed by atoms with Crippen molar-refractivity contribution in [1.29, 1.82) is 0 Å². The zero-order valence-corrected chi connectivity index (χ0v) is 14.1. The van der Waals surface area contributed by atoms with E-state index in [1.807, 2.05) is 0 Å². The molecule has 3 rings (SSSR count). The molecule has 1 aromatic rings. The molecule has 0 radical (unpaired) electrons. The Morgan fingerprint density at radius 1 is 1.35 bits per heavy atom. The van der Waals surface area contributed by atoms with E-state index in [4.69, 9.17) is 10.3 Å². The van der Waals surface area contributed by atoms with E-state index in [1.165, 1.54) is 13.0 Å². The molecule has 2 heterocycles. The SMILES string of the molecule is CC(=O)Nc1cc2c(cc1O)[C@H]1CN(C(=O)N1OS(=O)(=O)O)[C@H]2C(N)=O. The molecule has 140 valence electrons. The molecule has 4 amide bonds. The topological polar surface area (TPSA) is 180 Å². The van der Waals surface area contributed by atoms with Crippen molar-refractivity contribution in [3.63, 3.8) is 0 Å². The minimum atomic E-state index is -5.01. The molecule has 0 unspecified atom stereocenters. The highest BCUT2D eigenvalue weighted by Crippen LogP contribution is 2.46. The molecule has 2 bridgehead atoms. The molecular formula is C13H14N4O8S. The highest BCUT2D eigenvalue weighted by Gasteiger charge is 2.52. The van der Waals surface area contributed by atoms with E-state index >= 15 is 0 Å². The zero-order valence-electron chi connectivity index (χ0n) is 13.2. The van der Waals surface area contributed by atoms with Crippen molar-refractivity contribution < 1.29 is 36.7 Å². The van der Waals surface area contributed by atoms with Crippen molar-refractivity contribution in [2.24, 2.45) is 5.73 Å². The Kier molecular flexibility index (Phi) is 4.01. The molecule has 12 nitrogen and oxygen atoms in total. The number of nitrogens with one attached hydrogen (secondary N) is 1. The smallest absolute Gasteiger partial charge is 0.418 e. The number of amides is 4. The standard InChI is InChI=1S/C13H14N4O8S/c1-5(18)15-8-2-7-6(3-10(8)19)9-4-16(11(7)12(14)20)13(21)17(9)25-26(22,23)24/h2-3,9,11,19H,4H2,1H3,(H2,14,20)(H,15,18)(H,22,23,24)/t9-,11-/m1/s1. The van der Waals surface area contributed by atoms with Crippen molar-refractivity contribution in [2.75, 3.05) is 11.9 Å². The summed E-state index contributed by atoms with van der Waals surface area (Å²) in [5, 5.41) is 12.8. The maximum absolute atomic E-state index is 12.4. The second-order valence-electron chi connectivity index (χ2n) is 5.76. The second kappa shape index (κ2) is 5.82. The van der Waals surface area contributed by atoms with Gasteiger partial charge in [-0.3, -0.25) is 14.1 Å². The minimum Gasteiger partial charge on any atom is -0.506 e. The van der Waals surface area contributed by atoms with Crippen LogP contribution in [0.5, 0.6) is 5.75 Å². The van der Waals surface area contributed by atoms with Crippen LogP contribution in [0.25, 0.3) is 0 Å². The average Bonchev–Trinajstić information content (AvgIpc) is 2.74. The molecule has 0 spiro atoms. The van der Waals surface area contributed by atoms with Gasteiger partial charge in [-0.25, -0.2) is 4.79 Å². The van der Waals surface area contributed by atoms with E-state index in [1.54, 1.807) is 0 Å². The highest BCUT2D eigenvalue weighted by atomic mass is 32.3. The van der Waals surface area contributed by atoms with E-state index in [2.05, 4.69) is 9.60 Å². The van der Waals surface area contributed by atoms with Crippen molar-refractivity contribution in [2.45, 2.75) is 19.0 Å². The summed E-state index contributed by atoms with van der Waals surface area (Å²) < 4.78 is 35.2. The van der Waals surface area contributed by atoms with Crippen molar-refractivity contribution in [3.05, 3.63) is 23.3 Å². The first-order valence-corrected chi connectivity index (χ1v) is 8.56. The molecule has 2 atom stereocenters. The number of aromatic hydroxyl groups is 1. The fourth-order valence-corrected chi connectivity index (χ4v) is 3.51. The number of carbonyl (C=O) groups excluding carboxylic acids is 3. The number of phenolic OH excluding ortho intramolecular Hbond substituents is 1. The molecule has 0 aliphatic carbocycles. The Morgan fingerprint density at radius 2 is 2.00 bits per heavy atom. The van der Waals surface area contributed by atoms with E-state index in [0.29, 0.717) is 5.06 Å². The first-order chi connectivity index (χ1) is 12.0. The summed E-state index contributed by atoms with van der Waals surface area (Å²) in [4.78, 5) is 36.5. The Morgan fingerprint density at radius 3 is 2.54 bits per heavy atom. The average molecular weight is 386 g/mol. The molecule has 1 aromatic carbocycles.